The van der Waals surface area contributed by atoms with Gasteiger partial charge in [-0.2, -0.15) is 5.10 Å². The molecule has 0 aromatic carbocycles. The molecular weight excluding hydrogens is 290 g/mol. The van der Waals surface area contributed by atoms with Gasteiger partial charge >= 0.3 is 0 Å². The highest BCUT2D eigenvalue weighted by Crippen LogP contribution is 2.10. The summed E-state index contributed by atoms with van der Waals surface area (Å²) in [6.45, 7) is 3.51. The molecule has 21 heavy (non-hydrogen) atoms. The van der Waals surface area contributed by atoms with E-state index >= 15 is 0 Å². The number of rotatable bonds is 8. The van der Waals surface area contributed by atoms with Crippen molar-refractivity contribution in [3.8, 4) is 0 Å². The van der Waals surface area contributed by atoms with Crippen molar-refractivity contribution in [3.63, 3.8) is 0 Å². The number of aromatic amines is 1. The molecular formula is C13H19N5O2S. The Morgan fingerprint density at radius 1 is 1.29 bits per heavy atom. The van der Waals surface area contributed by atoms with Crippen molar-refractivity contribution in [3.05, 3.63) is 42.0 Å². The van der Waals surface area contributed by atoms with Crippen molar-refractivity contribution < 1.29 is 8.42 Å². The minimum absolute atomic E-state index is 0.200. The number of sulfonamides is 1. The van der Waals surface area contributed by atoms with Gasteiger partial charge in [-0.15, -0.1) is 0 Å². The lowest BCUT2D eigenvalue weighted by atomic mass is 10.3. The summed E-state index contributed by atoms with van der Waals surface area (Å²) >= 11 is 0. The number of aryl methyl sites for hydroxylation is 1. The third-order valence-electron chi connectivity index (χ3n) is 2.95. The highest BCUT2D eigenvalue weighted by Gasteiger charge is 2.17. The molecule has 0 fully saturated rings. The first-order chi connectivity index (χ1) is 10.1. The molecule has 0 aliphatic heterocycles. The Kier molecular flexibility index (Phi) is 5.43. The summed E-state index contributed by atoms with van der Waals surface area (Å²) in [4.78, 5) is 4.23. The van der Waals surface area contributed by atoms with Gasteiger partial charge in [-0.25, -0.2) is 13.1 Å². The number of aromatic nitrogens is 3. The molecule has 2 aromatic heterocycles. The fourth-order valence-corrected chi connectivity index (χ4v) is 3.05. The van der Waals surface area contributed by atoms with Gasteiger partial charge in [0.2, 0.25) is 10.0 Å². The predicted octanol–water partition coefficient (Wildman–Crippen LogP) is 0.571. The number of nitrogens with zero attached hydrogens (tertiary/aromatic N) is 2. The predicted molar refractivity (Wildman–Crippen MR) is 79.1 cm³/mol. The van der Waals surface area contributed by atoms with Crippen molar-refractivity contribution in [1.29, 1.82) is 0 Å². The minimum Gasteiger partial charge on any atom is -0.313 e. The summed E-state index contributed by atoms with van der Waals surface area (Å²) < 4.78 is 26.5. The van der Waals surface area contributed by atoms with Crippen molar-refractivity contribution >= 4 is 10.0 Å². The molecule has 0 amide bonds. The van der Waals surface area contributed by atoms with E-state index in [9.17, 15) is 8.42 Å². The summed E-state index contributed by atoms with van der Waals surface area (Å²) in [6.07, 6.45) is 5.56. The number of H-pyrrole nitrogens is 1. The molecule has 0 unspecified atom stereocenters. The third kappa shape index (κ3) is 4.62. The molecule has 0 aliphatic carbocycles. The highest BCUT2D eigenvalue weighted by molar-refractivity contribution is 7.89. The van der Waals surface area contributed by atoms with E-state index in [1.165, 1.54) is 6.20 Å². The molecule has 0 aliphatic rings. The maximum absolute atomic E-state index is 12.0. The van der Waals surface area contributed by atoms with Crippen LogP contribution < -0.4 is 10.0 Å². The highest BCUT2D eigenvalue weighted by atomic mass is 32.2. The van der Waals surface area contributed by atoms with Crippen LogP contribution >= 0.6 is 0 Å². The zero-order valence-corrected chi connectivity index (χ0v) is 12.7. The molecule has 0 saturated carbocycles. The summed E-state index contributed by atoms with van der Waals surface area (Å²) in [5, 5.41) is 9.57. The molecule has 8 heteroatoms. The van der Waals surface area contributed by atoms with Crippen LogP contribution in [0.2, 0.25) is 0 Å². The number of hydrogen-bond donors (Lipinski definition) is 3. The van der Waals surface area contributed by atoms with Crippen LogP contribution in [0.15, 0.2) is 35.6 Å². The monoisotopic (exact) mass is 309 g/mol. The lowest BCUT2D eigenvalue weighted by Crippen LogP contribution is -2.27. The van der Waals surface area contributed by atoms with Crippen LogP contribution in [0.1, 0.15) is 17.7 Å². The first kappa shape index (κ1) is 15.6. The average molecular weight is 309 g/mol. The van der Waals surface area contributed by atoms with Crippen LogP contribution in [0.5, 0.6) is 0 Å². The Balaban J connectivity index is 1.67. The number of hydrogen-bond acceptors (Lipinski definition) is 5. The minimum atomic E-state index is -3.47. The van der Waals surface area contributed by atoms with Gasteiger partial charge < -0.3 is 5.32 Å². The van der Waals surface area contributed by atoms with Crippen molar-refractivity contribution in [2.45, 2.75) is 24.8 Å². The van der Waals surface area contributed by atoms with Crippen LogP contribution in [0.4, 0.5) is 0 Å². The first-order valence-electron chi connectivity index (χ1n) is 6.69. The molecule has 0 atom stereocenters. The summed E-state index contributed by atoms with van der Waals surface area (Å²) in [6, 6.07) is 3.88. The standard InChI is InChI=1S/C13H19N5O2S/c1-11-13(10-16-18-11)21(19,20)17-7-3-6-15-9-12-4-2-5-14-8-12/h2,4-5,8,10,15,17H,3,6-7,9H2,1H3,(H,16,18). The fraction of sp³-hybridized carbons (Fsp3) is 0.385. The lowest BCUT2D eigenvalue weighted by Gasteiger charge is -2.07. The van der Waals surface area contributed by atoms with E-state index in [2.05, 4.69) is 25.2 Å². The summed E-state index contributed by atoms with van der Waals surface area (Å²) in [5.74, 6) is 0. The average Bonchev–Trinajstić information content (AvgIpc) is 2.91. The maximum Gasteiger partial charge on any atom is 0.243 e. The fourth-order valence-electron chi connectivity index (χ4n) is 1.84. The van der Waals surface area contributed by atoms with E-state index < -0.39 is 10.0 Å². The third-order valence-corrected chi connectivity index (χ3v) is 4.52. The largest absolute Gasteiger partial charge is 0.313 e. The Morgan fingerprint density at radius 3 is 2.81 bits per heavy atom. The van der Waals surface area contributed by atoms with E-state index in [4.69, 9.17) is 0 Å². The van der Waals surface area contributed by atoms with Crippen LogP contribution in [-0.4, -0.2) is 36.7 Å². The summed E-state index contributed by atoms with van der Waals surface area (Å²) in [5.41, 5.74) is 1.64. The van der Waals surface area contributed by atoms with E-state index in [1.807, 2.05) is 12.1 Å². The van der Waals surface area contributed by atoms with Gasteiger partial charge in [-0.1, -0.05) is 6.07 Å². The smallest absolute Gasteiger partial charge is 0.243 e. The number of nitrogens with one attached hydrogen (secondary N) is 3. The van der Waals surface area contributed by atoms with Gasteiger partial charge in [0.05, 0.1) is 11.9 Å². The molecule has 3 N–H and O–H groups in total. The van der Waals surface area contributed by atoms with E-state index in [1.54, 1.807) is 19.3 Å². The Hall–Kier alpha value is -1.77. The lowest BCUT2D eigenvalue weighted by molar-refractivity contribution is 0.573. The van der Waals surface area contributed by atoms with Crippen LogP contribution in [0.3, 0.4) is 0 Å². The normalized spacial score (nSPS) is 11.7. The van der Waals surface area contributed by atoms with Gasteiger partial charge in [0.1, 0.15) is 4.90 Å². The zero-order valence-electron chi connectivity index (χ0n) is 11.8. The van der Waals surface area contributed by atoms with E-state index in [0.29, 0.717) is 18.7 Å². The van der Waals surface area contributed by atoms with Gasteiger partial charge in [0.15, 0.2) is 0 Å². The van der Waals surface area contributed by atoms with Gasteiger partial charge in [-0.05, 0) is 31.5 Å². The van der Waals surface area contributed by atoms with E-state index in [-0.39, 0.29) is 4.90 Å². The molecule has 7 nitrogen and oxygen atoms in total. The quantitative estimate of drug-likeness (QED) is 0.619. The first-order valence-corrected chi connectivity index (χ1v) is 8.17. The SMILES string of the molecule is Cc1[nH]ncc1S(=O)(=O)NCCCNCc1cccnc1. The van der Waals surface area contributed by atoms with Crippen LogP contribution in [0, 0.1) is 6.92 Å². The molecule has 0 radical (unpaired) electrons. The zero-order chi connectivity index (χ0) is 15.1. The van der Waals surface area contributed by atoms with Crippen molar-refractivity contribution in [2.75, 3.05) is 13.1 Å². The van der Waals surface area contributed by atoms with Crippen molar-refractivity contribution in [2.24, 2.45) is 0 Å². The Morgan fingerprint density at radius 2 is 2.14 bits per heavy atom. The molecule has 2 heterocycles. The molecule has 2 aromatic rings. The molecule has 0 saturated heterocycles. The van der Waals surface area contributed by atoms with E-state index in [0.717, 1.165) is 18.7 Å². The van der Waals surface area contributed by atoms with Crippen LogP contribution in [-0.2, 0) is 16.6 Å². The van der Waals surface area contributed by atoms with Gasteiger partial charge in [0.25, 0.3) is 0 Å². The molecule has 0 bridgehead atoms. The summed E-state index contributed by atoms with van der Waals surface area (Å²) in [7, 11) is -3.47. The molecule has 114 valence electrons. The maximum atomic E-state index is 12.0. The molecule has 0 spiro atoms. The topological polar surface area (TPSA) is 99.8 Å². The second-order valence-electron chi connectivity index (χ2n) is 4.65. The number of pyridine rings is 1. The Bertz CT molecular complexity index is 654. The van der Waals surface area contributed by atoms with Crippen LogP contribution in [0.25, 0.3) is 0 Å². The molecule has 2 rings (SSSR count). The van der Waals surface area contributed by atoms with Crippen molar-refractivity contribution in [1.82, 2.24) is 25.2 Å². The second kappa shape index (κ2) is 7.30. The van der Waals surface area contributed by atoms with Gasteiger partial charge in [0, 0.05) is 25.5 Å². The van der Waals surface area contributed by atoms with Gasteiger partial charge in [-0.3, -0.25) is 10.1 Å². The Labute approximate surface area is 124 Å². The second-order valence-corrected chi connectivity index (χ2v) is 6.38.